The van der Waals surface area contributed by atoms with Crippen LogP contribution in [-0.4, -0.2) is 56.0 Å². The monoisotopic (exact) mass is 620 g/mol. The van der Waals surface area contributed by atoms with E-state index in [2.05, 4.69) is 10.6 Å². The zero-order chi connectivity index (χ0) is 26.5. The molecule has 1 aliphatic rings. The second kappa shape index (κ2) is 15.9. The van der Waals surface area contributed by atoms with Crippen molar-refractivity contribution in [1.29, 1.82) is 0 Å². The number of nitrogens with two attached hydrogens (primary N) is 1. The molecule has 0 bridgehead atoms. The SMILES string of the molecule is Cl.Cl.Cl.NCCCNCCCNCCCN1C(=O)c2cccc3c(-c4cc(=O)c5ccccc5o4)ccc(c23)C1=O. The maximum atomic E-state index is 13.4. The number of hydrogen-bond acceptors (Lipinski definition) is 7. The number of para-hydroxylation sites is 1. The van der Waals surface area contributed by atoms with Crippen molar-refractivity contribution >= 4 is 70.8 Å². The van der Waals surface area contributed by atoms with Gasteiger partial charge in [0.05, 0.1) is 5.39 Å². The van der Waals surface area contributed by atoms with E-state index in [1.807, 2.05) is 12.1 Å². The van der Waals surface area contributed by atoms with E-state index in [1.54, 1.807) is 42.5 Å². The van der Waals surface area contributed by atoms with Crippen LogP contribution in [0.25, 0.3) is 33.1 Å². The molecule has 11 heteroatoms. The average molecular weight is 622 g/mol. The van der Waals surface area contributed by atoms with Crippen molar-refractivity contribution in [3.8, 4) is 11.3 Å². The molecular weight excluding hydrogens is 587 g/mol. The summed E-state index contributed by atoms with van der Waals surface area (Å²) < 4.78 is 6.06. The number of benzene rings is 3. The Morgan fingerprint density at radius 2 is 1.29 bits per heavy atom. The lowest BCUT2D eigenvalue weighted by Gasteiger charge is -2.27. The van der Waals surface area contributed by atoms with E-state index in [-0.39, 0.29) is 54.5 Å². The second-order valence-electron chi connectivity index (χ2n) is 9.47. The highest BCUT2D eigenvalue weighted by molar-refractivity contribution is 6.26. The second-order valence-corrected chi connectivity index (χ2v) is 9.47. The molecule has 5 rings (SSSR count). The first-order valence-corrected chi connectivity index (χ1v) is 13.2. The minimum atomic E-state index is -0.297. The Hall–Kier alpha value is -2.98. The first-order valence-electron chi connectivity index (χ1n) is 13.2. The molecule has 0 saturated heterocycles. The summed E-state index contributed by atoms with van der Waals surface area (Å²) >= 11 is 0. The summed E-state index contributed by atoms with van der Waals surface area (Å²) in [6, 6.07) is 17.5. The Morgan fingerprint density at radius 3 is 2.02 bits per heavy atom. The molecule has 4 aromatic rings. The number of carbonyl (C=O) groups excluding carboxylic acids is 2. The van der Waals surface area contributed by atoms with Crippen LogP contribution in [-0.2, 0) is 0 Å². The van der Waals surface area contributed by atoms with Crippen molar-refractivity contribution in [3.63, 3.8) is 0 Å². The molecule has 1 aliphatic heterocycles. The average Bonchev–Trinajstić information content (AvgIpc) is 2.94. The van der Waals surface area contributed by atoms with Gasteiger partial charge in [0.15, 0.2) is 5.43 Å². The molecule has 220 valence electrons. The van der Waals surface area contributed by atoms with Crippen molar-refractivity contribution in [3.05, 3.63) is 82.0 Å². The molecule has 0 fully saturated rings. The van der Waals surface area contributed by atoms with Gasteiger partial charge in [-0.25, -0.2) is 0 Å². The Labute approximate surface area is 257 Å². The van der Waals surface area contributed by atoms with Gasteiger partial charge in [0.25, 0.3) is 11.8 Å². The van der Waals surface area contributed by atoms with Crippen molar-refractivity contribution in [2.24, 2.45) is 5.73 Å². The number of nitrogens with zero attached hydrogens (tertiary/aromatic N) is 1. The Balaban J connectivity index is 0.00000196. The topological polar surface area (TPSA) is 118 Å². The van der Waals surface area contributed by atoms with Crippen molar-refractivity contribution in [1.82, 2.24) is 15.5 Å². The number of nitrogens with one attached hydrogen (secondary N) is 2. The summed E-state index contributed by atoms with van der Waals surface area (Å²) in [4.78, 5) is 40.8. The van der Waals surface area contributed by atoms with Crippen LogP contribution >= 0.6 is 37.2 Å². The summed E-state index contributed by atoms with van der Waals surface area (Å²) in [7, 11) is 0. The van der Waals surface area contributed by atoms with Gasteiger partial charge < -0.3 is 20.8 Å². The number of fused-ring (bicyclic) bond motifs is 1. The maximum Gasteiger partial charge on any atom is 0.261 e. The highest BCUT2D eigenvalue weighted by atomic mass is 35.5. The van der Waals surface area contributed by atoms with Gasteiger partial charge in [0, 0.05) is 34.7 Å². The third kappa shape index (κ3) is 7.27. The van der Waals surface area contributed by atoms with Gasteiger partial charge in [0.2, 0.25) is 0 Å². The summed E-state index contributed by atoms with van der Waals surface area (Å²) in [6.45, 7) is 4.49. The lowest BCUT2D eigenvalue weighted by atomic mass is 9.90. The fraction of sp³-hybridized carbons (Fsp3) is 0.300. The Kier molecular flexibility index (Phi) is 13.2. The molecule has 0 aliphatic carbocycles. The van der Waals surface area contributed by atoms with Gasteiger partial charge in [-0.15, -0.1) is 37.2 Å². The molecule has 2 heterocycles. The van der Waals surface area contributed by atoms with Crippen molar-refractivity contribution in [2.75, 3.05) is 39.3 Å². The fourth-order valence-corrected chi connectivity index (χ4v) is 4.98. The van der Waals surface area contributed by atoms with Crippen LogP contribution in [0, 0.1) is 0 Å². The Morgan fingerprint density at radius 1 is 0.683 bits per heavy atom. The van der Waals surface area contributed by atoms with E-state index in [4.69, 9.17) is 10.2 Å². The number of hydrogen-bond donors (Lipinski definition) is 3. The molecule has 0 saturated carbocycles. The van der Waals surface area contributed by atoms with Crippen LogP contribution < -0.4 is 21.8 Å². The summed E-state index contributed by atoms with van der Waals surface area (Å²) in [5, 5.41) is 8.54. The summed E-state index contributed by atoms with van der Waals surface area (Å²) in [5.74, 6) is -0.191. The quantitative estimate of drug-likeness (QED) is 0.154. The lowest BCUT2D eigenvalue weighted by molar-refractivity contribution is 0.0609. The van der Waals surface area contributed by atoms with E-state index < -0.39 is 0 Å². The minimum absolute atomic E-state index is 0. The van der Waals surface area contributed by atoms with Gasteiger partial charge in [-0.05, 0) is 87.7 Å². The van der Waals surface area contributed by atoms with Gasteiger partial charge >= 0.3 is 0 Å². The largest absolute Gasteiger partial charge is 0.456 e. The lowest BCUT2D eigenvalue weighted by Crippen LogP contribution is -2.41. The molecule has 0 spiro atoms. The third-order valence-corrected chi connectivity index (χ3v) is 6.89. The zero-order valence-corrected chi connectivity index (χ0v) is 25.0. The van der Waals surface area contributed by atoms with E-state index in [1.165, 1.54) is 11.0 Å². The smallest absolute Gasteiger partial charge is 0.261 e. The summed E-state index contributed by atoms with van der Waals surface area (Å²) in [5.41, 5.74) is 7.48. The van der Waals surface area contributed by atoms with Crippen LogP contribution in [0.5, 0.6) is 0 Å². The molecule has 4 N–H and O–H groups in total. The number of halogens is 3. The molecule has 0 unspecified atom stereocenters. The molecule has 3 aromatic carbocycles. The summed E-state index contributed by atoms with van der Waals surface area (Å²) in [6.07, 6.45) is 2.65. The highest BCUT2D eigenvalue weighted by Gasteiger charge is 2.33. The van der Waals surface area contributed by atoms with Crippen molar-refractivity contribution < 1.29 is 14.0 Å². The van der Waals surface area contributed by atoms with Crippen LogP contribution in [0.3, 0.4) is 0 Å². The minimum Gasteiger partial charge on any atom is -0.456 e. The van der Waals surface area contributed by atoms with E-state index >= 15 is 0 Å². The molecule has 8 nitrogen and oxygen atoms in total. The van der Waals surface area contributed by atoms with Gasteiger partial charge in [-0.2, -0.15) is 0 Å². The molecular formula is C30H35Cl3N4O4. The van der Waals surface area contributed by atoms with Crippen LogP contribution in [0.2, 0.25) is 0 Å². The Bertz CT molecular complexity index is 1540. The predicted octanol–water partition coefficient (Wildman–Crippen LogP) is 4.78. The molecule has 2 amide bonds. The first-order chi connectivity index (χ1) is 18.6. The van der Waals surface area contributed by atoms with Gasteiger partial charge in [-0.3, -0.25) is 19.3 Å². The normalized spacial score (nSPS) is 12.2. The van der Waals surface area contributed by atoms with E-state index in [0.29, 0.717) is 63.7 Å². The molecule has 0 radical (unpaired) electrons. The number of imide groups is 1. The van der Waals surface area contributed by atoms with Crippen LogP contribution in [0.1, 0.15) is 40.0 Å². The van der Waals surface area contributed by atoms with Crippen molar-refractivity contribution in [2.45, 2.75) is 19.3 Å². The standard InChI is InChI=1S/C30H32N4O4.3ClH/c31-13-4-14-32-15-5-16-33-17-6-18-34-29(36)23-9-3-8-21-20(11-12-24(28(21)23)30(34)37)27-19-25(35)22-7-1-2-10-26(22)38-27;;;/h1-3,7-12,19,32-33H,4-6,13-18,31H2;3*1H. The van der Waals surface area contributed by atoms with Crippen LogP contribution in [0.4, 0.5) is 0 Å². The number of rotatable bonds is 12. The van der Waals surface area contributed by atoms with Gasteiger partial charge in [0.1, 0.15) is 11.3 Å². The van der Waals surface area contributed by atoms with Crippen LogP contribution in [0.15, 0.2) is 69.9 Å². The first kappa shape index (κ1) is 34.2. The van der Waals surface area contributed by atoms with E-state index in [9.17, 15) is 14.4 Å². The number of carbonyl (C=O) groups is 2. The molecule has 0 atom stereocenters. The molecule has 41 heavy (non-hydrogen) atoms. The fourth-order valence-electron chi connectivity index (χ4n) is 4.98. The maximum absolute atomic E-state index is 13.4. The molecule has 1 aromatic heterocycles. The van der Waals surface area contributed by atoms with Gasteiger partial charge in [-0.1, -0.05) is 24.3 Å². The highest BCUT2D eigenvalue weighted by Crippen LogP contribution is 2.36. The predicted molar refractivity (Wildman–Crippen MR) is 171 cm³/mol. The zero-order valence-electron chi connectivity index (χ0n) is 22.5. The number of amides is 2. The third-order valence-electron chi connectivity index (χ3n) is 6.89. The van der Waals surface area contributed by atoms with E-state index in [0.717, 1.165) is 39.0 Å².